The fraction of sp³-hybridized carbons (Fsp3) is 0.333. The molecule has 1 aliphatic rings. The van der Waals surface area contributed by atoms with Gasteiger partial charge in [-0.05, 0) is 48.7 Å². The molecule has 10 heteroatoms. The van der Waals surface area contributed by atoms with Crippen molar-refractivity contribution in [3.63, 3.8) is 0 Å². The number of benzene rings is 2. The van der Waals surface area contributed by atoms with Crippen molar-refractivity contribution in [3.05, 3.63) is 83.1 Å². The summed E-state index contributed by atoms with van der Waals surface area (Å²) in [4.78, 5) is 29.3. The summed E-state index contributed by atoms with van der Waals surface area (Å²) >= 11 is 6.49. The molecule has 1 fully saturated rings. The second-order valence-electron chi connectivity index (χ2n) is 9.18. The Morgan fingerprint density at radius 1 is 1.16 bits per heavy atom. The first-order chi connectivity index (χ1) is 18.0. The summed E-state index contributed by atoms with van der Waals surface area (Å²) in [7, 11) is 1.86. The minimum absolute atomic E-state index is 0.0211. The normalized spacial score (nSPS) is 16.1. The van der Waals surface area contributed by atoms with Gasteiger partial charge in [0.2, 0.25) is 11.8 Å². The number of hydrogen-bond donors (Lipinski definition) is 1. The lowest BCUT2D eigenvalue weighted by Gasteiger charge is -2.32. The molecule has 3 heterocycles. The lowest BCUT2D eigenvalue weighted by molar-refractivity contribution is -0.142. The maximum absolute atomic E-state index is 14.0. The first kappa shape index (κ1) is 25.0. The van der Waals surface area contributed by atoms with Crippen molar-refractivity contribution in [2.24, 2.45) is 7.05 Å². The lowest BCUT2D eigenvalue weighted by atomic mass is 10.1. The van der Waals surface area contributed by atoms with Gasteiger partial charge in [-0.2, -0.15) is 0 Å². The van der Waals surface area contributed by atoms with E-state index in [4.69, 9.17) is 16.3 Å². The van der Waals surface area contributed by atoms with Gasteiger partial charge < -0.3 is 19.5 Å². The topological polar surface area (TPSA) is 94.3 Å². The standard InChI is InChI=1S/C27H29ClN6O3/c1-32-14-6-13-24(32)26(27(36)29-16-20-9-7-15-37-20)33(17-19-8-2-3-10-21(19)28)25(35)18-34-23-12-5-4-11-22(23)30-31-34/h2-6,8,10-14,20,26H,7,9,15-18H2,1H3,(H,29,36)/t20-,26+/m0/s1. The number of fused-ring (bicyclic) bond motifs is 1. The molecule has 37 heavy (non-hydrogen) atoms. The number of para-hydroxylation sites is 1. The average Bonchev–Trinajstić information content (AvgIpc) is 3.66. The number of amides is 2. The van der Waals surface area contributed by atoms with E-state index in [1.54, 1.807) is 15.6 Å². The van der Waals surface area contributed by atoms with Gasteiger partial charge in [0.15, 0.2) is 6.04 Å². The van der Waals surface area contributed by atoms with Crippen molar-refractivity contribution >= 4 is 34.4 Å². The van der Waals surface area contributed by atoms with E-state index in [-0.39, 0.29) is 31.0 Å². The Labute approximate surface area is 219 Å². The summed E-state index contributed by atoms with van der Waals surface area (Å²) in [6.45, 7) is 1.16. The number of aromatic nitrogens is 4. The van der Waals surface area contributed by atoms with Gasteiger partial charge in [0.1, 0.15) is 12.1 Å². The van der Waals surface area contributed by atoms with Crippen LogP contribution >= 0.6 is 11.6 Å². The zero-order valence-corrected chi connectivity index (χ0v) is 21.3. The van der Waals surface area contributed by atoms with Crippen LogP contribution in [0.3, 0.4) is 0 Å². The van der Waals surface area contributed by atoms with Crippen molar-refractivity contribution in [1.82, 2.24) is 29.8 Å². The van der Waals surface area contributed by atoms with E-state index in [1.807, 2.05) is 72.4 Å². The largest absolute Gasteiger partial charge is 0.376 e. The molecule has 5 rings (SSSR count). The van der Waals surface area contributed by atoms with Gasteiger partial charge in [-0.1, -0.05) is 47.1 Å². The minimum Gasteiger partial charge on any atom is -0.376 e. The summed E-state index contributed by atoms with van der Waals surface area (Å²) in [5.74, 6) is -0.560. The molecule has 0 aliphatic carbocycles. The number of hydrogen-bond acceptors (Lipinski definition) is 5. The van der Waals surface area contributed by atoms with Gasteiger partial charge in [-0.25, -0.2) is 4.68 Å². The summed E-state index contributed by atoms with van der Waals surface area (Å²) in [5.41, 5.74) is 2.87. The molecular formula is C27H29ClN6O3. The number of halogens is 1. The van der Waals surface area contributed by atoms with Crippen molar-refractivity contribution in [2.75, 3.05) is 13.2 Å². The van der Waals surface area contributed by atoms with Crippen LogP contribution in [0.1, 0.15) is 30.1 Å². The molecule has 1 aliphatic heterocycles. The van der Waals surface area contributed by atoms with Crippen molar-refractivity contribution in [2.45, 2.75) is 38.1 Å². The SMILES string of the molecule is Cn1cccc1[C@H](C(=O)NC[C@@H]1CCCO1)N(Cc1ccccc1Cl)C(=O)Cn1nnc2ccccc21. The third-order valence-corrected chi connectivity index (χ3v) is 7.04. The Hall–Kier alpha value is -3.69. The number of aryl methyl sites for hydroxylation is 1. The Kier molecular flexibility index (Phi) is 7.52. The Morgan fingerprint density at radius 2 is 1.97 bits per heavy atom. The van der Waals surface area contributed by atoms with Crippen LogP contribution in [0.15, 0.2) is 66.9 Å². The third kappa shape index (κ3) is 5.52. The second kappa shape index (κ2) is 11.1. The zero-order chi connectivity index (χ0) is 25.8. The predicted octanol–water partition coefficient (Wildman–Crippen LogP) is 3.49. The number of nitrogens with zero attached hydrogens (tertiary/aromatic N) is 5. The maximum atomic E-state index is 14.0. The van der Waals surface area contributed by atoms with Gasteiger partial charge in [0.25, 0.3) is 0 Å². The highest BCUT2D eigenvalue weighted by molar-refractivity contribution is 6.31. The van der Waals surface area contributed by atoms with Crippen molar-refractivity contribution < 1.29 is 14.3 Å². The van der Waals surface area contributed by atoms with Crippen molar-refractivity contribution in [1.29, 1.82) is 0 Å². The Bertz CT molecular complexity index is 1390. The van der Waals surface area contributed by atoms with Crippen LogP contribution in [-0.2, 0) is 34.5 Å². The number of rotatable bonds is 9. The number of carbonyl (C=O) groups excluding carboxylic acids is 2. The van der Waals surface area contributed by atoms with Gasteiger partial charge in [-0.15, -0.1) is 5.10 Å². The first-order valence-electron chi connectivity index (χ1n) is 12.3. The van der Waals surface area contributed by atoms with Gasteiger partial charge >= 0.3 is 0 Å². The van der Waals surface area contributed by atoms with Crippen LogP contribution in [0.25, 0.3) is 11.0 Å². The molecule has 2 aromatic carbocycles. The Morgan fingerprint density at radius 3 is 2.73 bits per heavy atom. The smallest absolute Gasteiger partial charge is 0.249 e. The highest BCUT2D eigenvalue weighted by Gasteiger charge is 2.34. The maximum Gasteiger partial charge on any atom is 0.249 e. The summed E-state index contributed by atoms with van der Waals surface area (Å²) in [6, 6.07) is 17.6. The molecule has 1 N–H and O–H groups in total. The van der Waals surface area contributed by atoms with E-state index in [0.717, 1.165) is 23.9 Å². The minimum atomic E-state index is -0.889. The molecule has 0 bridgehead atoms. The lowest BCUT2D eigenvalue weighted by Crippen LogP contribution is -2.46. The molecule has 9 nitrogen and oxygen atoms in total. The number of nitrogens with one attached hydrogen (secondary N) is 1. The van der Waals surface area contributed by atoms with Crippen LogP contribution in [-0.4, -0.2) is 55.5 Å². The van der Waals surface area contributed by atoms with E-state index in [1.165, 1.54) is 0 Å². The molecule has 2 amide bonds. The van der Waals surface area contributed by atoms with Gasteiger partial charge in [0.05, 0.1) is 11.6 Å². The molecule has 4 aromatic rings. The van der Waals surface area contributed by atoms with Crippen molar-refractivity contribution in [3.8, 4) is 0 Å². The van der Waals surface area contributed by atoms with E-state index in [9.17, 15) is 9.59 Å². The highest BCUT2D eigenvalue weighted by Crippen LogP contribution is 2.27. The molecular weight excluding hydrogens is 492 g/mol. The Balaban J connectivity index is 1.50. The molecule has 2 aromatic heterocycles. The van der Waals surface area contributed by atoms with E-state index in [2.05, 4.69) is 15.6 Å². The van der Waals surface area contributed by atoms with Crippen LogP contribution in [0.4, 0.5) is 0 Å². The summed E-state index contributed by atoms with van der Waals surface area (Å²) < 4.78 is 9.11. The summed E-state index contributed by atoms with van der Waals surface area (Å²) in [6.07, 6.45) is 3.72. The van der Waals surface area contributed by atoms with E-state index >= 15 is 0 Å². The predicted molar refractivity (Wildman–Crippen MR) is 140 cm³/mol. The van der Waals surface area contributed by atoms with Gasteiger partial charge in [0, 0.05) is 43.7 Å². The number of ether oxygens (including phenoxy) is 1. The van der Waals surface area contributed by atoms with E-state index in [0.29, 0.717) is 29.4 Å². The third-order valence-electron chi connectivity index (χ3n) is 6.68. The quantitative estimate of drug-likeness (QED) is 0.364. The van der Waals surface area contributed by atoms with Crippen LogP contribution < -0.4 is 5.32 Å². The summed E-state index contributed by atoms with van der Waals surface area (Å²) in [5, 5.41) is 11.9. The fourth-order valence-corrected chi connectivity index (χ4v) is 4.89. The number of carbonyl (C=O) groups is 2. The molecule has 0 radical (unpaired) electrons. The molecule has 2 atom stereocenters. The van der Waals surface area contributed by atoms with Crippen LogP contribution in [0, 0.1) is 0 Å². The van der Waals surface area contributed by atoms with E-state index < -0.39 is 6.04 Å². The molecule has 0 unspecified atom stereocenters. The zero-order valence-electron chi connectivity index (χ0n) is 20.6. The molecule has 192 valence electrons. The molecule has 1 saturated heterocycles. The molecule has 0 saturated carbocycles. The van der Waals surface area contributed by atoms with Crippen LogP contribution in [0.2, 0.25) is 5.02 Å². The average molecular weight is 521 g/mol. The first-order valence-corrected chi connectivity index (χ1v) is 12.7. The monoisotopic (exact) mass is 520 g/mol. The van der Waals surface area contributed by atoms with Crippen LogP contribution in [0.5, 0.6) is 0 Å². The second-order valence-corrected chi connectivity index (χ2v) is 9.58. The fourth-order valence-electron chi connectivity index (χ4n) is 4.70. The molecule has 0 spiro atoms. The highest BCUT2D eigenvalue weighted by atomic mass is 35.5. The van der Waals surface area contributed by atoms with Gasteiger partial charge in [-0.3, -0.25) is 9.59 Å².